The third kappa shape index (κ3) is 12.0. The van der Waals surface area contributed by atoms with Crippen LogP contribution in [0.5, 0.6) is 5.75 Å². The van der Waals surface area contributed by atoms with Crippen molar-refractivity contribution in [1.82, 2.24) is 15.1 Å². The number of halogens is 4. The molecule has 0 bridgehead atoms. The van der Waals surface area contributed by atoms with E-state index in [-0.39, 0.29) is 6.73 Å². The van der Waals surface area contributed by atoms with Gasteiger partial charge in [0.25, 0.3) is 5.56 Å². The average Bonchev–Trinajstić information content (AvgIpc) is 2.69. The van der Waals surface area contributed by atoms with Gasteiger partial charge >= 0.3 is 6.18 Å². The Kier molecular flexibility index (Phi) is 12.4. The van der Waals surface area contributed by atoms with Gasteiger partial charge < -0.3 is 14.8 Å². The van der Waals surface area contributed by atoms with Crippen LogP contribution in [-0.2, 0) is 17.6 Å². The molecule has 188 valence electrons. The lowest BCUT2D eigenvalue weighted by molar-refractivity contribution is -0.141. The number of rotatable bonds is 15. The number of allylic oxidation sites excluding steroid dienone is 2. The van der Waals surface area contributed by atoms with Gasteiger partial charge in [-0.2, -0.15) is 18.3 Å². The number of nitrogens with one attached hydrogen (secondary N) is 1. The summed E-state index contributed by atoms with van der Waals surface area (Å²) < 4.78 is 64.0. The number of aromatic nitrogens is 2. The van der Waals surface area contributed by atoms with Crippen molar-refractivity contribution in [2.45, 2.75) is 77.3 Å². The quantitative estimate of drug-likeness (QED) is 0.199. The Hall–Kier alpha value is -2.14. The average molecular weight is 494 g/mol. The highest BCUT2D eigenvalue weighted by Crippen LogP contribution is 2.33. The van der Waals surface area contributed by atoms with Gasteiger partial charge in [-0.15, -0.1) is 0 Å². The Morgan fingerprint density at radius 2 is 1.94 bits per heavy atom. The molecule has 1 rings (SSSR count). The molecule has 0 fully saturated rings. The number of alkyl halides is 3. The summed E-state index contributed by atoms with van der Waals surface area (Å²) in [6.07, 6.45) is 3.50. The van der Waals surface area contributed by atoms with Gasteiger partial charge in [0.15, 0.2) is 11.3 Å². The van der Waals surface area contributed by atoms with Gasteiger partial charge in [-0.25, -0.2) is 9.07 Å². The van der Waals surface area contributed by atoms with Crippen LogP contribution in [-0.4, -0.2) is 37.1 Å². The van der Waals surface area contributed by atoms with E-state index in [9.17, 15) is 22.4 Å². The third-order valence-electron chi connectivity index (χ3n) is 4.59. The Labute approximate surface area is 193 Å². The van der Waals surface area contributed by atoms with Crippen LogP contribution in [0.15, 0.2) is 35.7 Å². The molecular weight excluding hydrogens is 458 g/mol. The second-order valence-corrected chi connectivity index (χ2v) is 14.5. The molecule has 33 heavy (non-hydrogen) atoms. The smallest absolute Gasteiger partial charge is 0.425 e. The minimum atomic E-state index is -4.88. The maximum Gasteiger partial charge on any atom is 0.425 e. The van der Waals surface area contributed by atoms with Crippen LogP contribution in [0.3, 0.4) is 0 Å². The lowest BCUT2D eigenvalue weighted by Gasteiger charge is -2.19. The number of nitrogens with zero attached hydrogens (tertiary/aromatic N) is 2. The van der Waals surface area contributed by atoms with Crippen LogP contribution in [0, 0.1) is 0 Å². The summed E-state index contributed by atoms with van der Waals surface area (Å²) in [5.74, 6) is -0.577. The van der Waals surface area contributed by atoms with Gasteiger partial charge in [-0.05, 0) is 44.9 Å². The van der Waals surface area contributed by atoms with Crippen LogP contribution in [0.25, 0.3) is 0 Å². The number of hydrogen-bond donors (Lipinski definition) is 1. The van der Waals surface area contributed by atoms with Crippen molar-refractivity contribution in [2.75, 3.05) is 13.2 Å². The molecule has 6 nitrogen and oxygen atoms in total. The van der Waals surface area contributed by atoms with Crippen LogP contribution in [0.4, 0.5) is 17.6 Å². The molecule has 1 N–H and O–H groups in total. The second-order valence-electron chi connectivity index (χ2n) is 8.90. The first-order valence-electron chi connectivity index (χ1n) is 11.0. The molecule has 0 aliphatic rings. The van der Waals surface area contributed by atoms with E-state index in [1.54, 1.807) is 13.1 Å². The molecule has 0 aromatic carbocycles. The summed E-state index contributed by atoms with van der Waals surface area (Å²) in [6.45, 7) is 8.71. The molecule has 1 atom stereocenters. The summed E-state index contributed by atoms with van der Waals surface area (Å²) in [5, 5.41) is 6.86. The number of unbranched alkanes of at least 4 members (excludes halogenated alkanes) is 1. The molecule has 1 heterocycles. The standard InChI is InChI=1S/C22H35F4N3O3Si/c1-18(10-9-13-27-12-8-6-5-7-11-23)32-19-16-28-29(17-31-14-15-33(2,3)4)21(30)20(19)22(24,25)26/h7-8,11-12,16,18,27H,5-6,9-10,13-15,17H2,1-4H3/b11-7+,12-8-. The molecular formula is C22H35F4N3O3Si. The first-order chi connectivity index (χ1) is 15.5. The first kappa shape index (κ1) is 28.9. The van der Waals surface area contributed by atoms with E-state index in [0.717, 1.165) is 12.2 Å². The summed E-state index contributed by atoms with van der Waals surface area (Å²) in [5.41, 5.74) is -2.66. The summed E-state index contributed by atoms with van der Waals surface area (Å²) in [7, 11) is -1.36. The molecule has 0 spiro atoms. The van der Waals surface area contributed by atoms with Gasteiger partial charge in [-0.3, -0.25) is 4.79 Å². The van der Waals surface area contributed by atoms with Crippen molar-refractivity contribution in [3.63, 3.8) is 0 Å². The van der Waals surface area contributed by atoms with Crippen molar-refractivity contribution in [2.24, 2.45) is 0 Å². The van der Waals surface area contributed by atoms with Gasteiger partial charge in [0.05, 0.1) is 18.6 Å². The summed E-state index contributed by atoms with van der Waals surface area (Å²) >= 11 is 0. The fraction of sp³-hybridized carbons (Fsp3) is 0.636. The monoisotopic (exact) mass is 493 g/mol. The Bertz CT molecular complexity index is 821. The fourth-order valence-corrected chi connectivity index (χ4v) is 3.47. The van der Waals surface area contributed by atoms with Gasteiger partial charge in [0, 0.05) is 21.2 Å². The van der Waals surface area contributed by atoms with E-state index in [0.29, 0.717) is 49.8 Å². The summed E-state index contributed by atoms with van der Waals surface area (Å²) in [4.78, 5) is 12.4. The van der Waals surface area contributed by atoms with Gasteiger partial charge in [0.2, 0.25) is 0 Å². The highest BCUT2D eigenvalue weighted by molar-refractivity contribution is 6.76. The molecule has 0 aliphatic carbocycles. The largest absolute Gasteiger partial charge is 0.488 e. The molecule has 0 amide bonds. The Balaban J connectivity index is 2.65. The number of ether oxygens (including phenoxy) is 2. The minimum absolute atomic E-state index is 0.342. The summed E-state index contributed by atoms with van der Waals surface area (Å²) in [6, 6.07) is 0.827. The Morgan fingerprint density at radius 1 is 1.24 bits per heavy atom. The molecule has 0 aliphatic heterocycles. The molecule has 1 unspecified atom stereocenters. The lowest BCUT2D eigenvalue weighted by atomic mass is 10.2. The van der Waals surface area contributed by atoms with Crippen LogP contribution in [0.2, 0.25) is 25.7 Å². The molecule has 0 saturated carbocycles. The topological polar surface area (TPSA) is 65.4 Å². The van der Waals surface area contributed by atoms with E-state index >= 15 is 0 Å². The van der Waals surface area contributed by atoms with E-state index in [2.05, 4.69) is 30.1 Å². The Morgan fingerprint density at radius 3 is 2.58 bits per heavy atom. The molecule has 1 aromatic heterocycles. The van der Waals surface area contributed by atoms with Crippen molar-refractivity contribution in [3.8, 4) is 5.75 Å². The maximum absolute atomic E-state index is 13.6. The van der Waals surface area contributed by atoms with E-state index in [4.69, 9.17) is 9.47 Å². The van der Waals surface area contributed by atoms with Crippen LogP contribution >= 0.6 is 0 Å². The highest BCUT2D eigenvalue weighted by Gasteiger charge is 2.39. The molecule has 11 heteroatoms. The molecule has 1 aromatic rings. The molecule has 0 saturated heterocycles. The van der Waals surface area contributed by atoms with E-state index < -0.39 is 37.2 Å². The minimum Gasteiger partial charge on any atom is -0.488 e. The van der Waals surface area contributed by atoms with Crippen LogP contribution in [0.1, 0.15) is 38.2 Å². The van der Waals surface area contributed by atoms with E-state index in [1.807, 2.05) is 6.08 Å². The zero-order valence-corrected chi connectivity index (χ0v) is 20.8. The highest BCUT2D eigenvalue weighted by atomic mass is 28.3. The second kappa shape index (κ2) is 14.2. The normalized spacial score (nSPS) is 13.7. The lowest BCUT2D eigenvalue weighted by Crippen LogP contribution is -2.33. The SMILES string of the molecule is CC(CCCN/C=C\CC/C=C/F)Oc1cnn(COCC[Si](C)(C)C)c(=O)c1C(F)(F)F. The fourth-order valence-electron chi connectivity index (χ4n) is 2.72. The first-order valence-corrected chi connectivity index (χ1v) is 14.7. The maximum atomic E-state index is 13.6. The predicted molar refractivity (Wildman–Crippen MR) is 124 cm³/mol. The van der Waals surface area contributed by atoms with Crippen molar-refractivity contribution < 1.29 is 27.0 Å². The zero-order chi connectivity index (χ0) is 24.9. The van der Waals surface area contributed by atoms with Crippen molar-refractivity contribution in [1.29, 1.82) is 0 Å². The molecule has 0 radical (unpaired) electrons. The predicted octanol–water partition coefficient (Wildman–Crippen LogP) is 5.49. The van der Waals surface area contributed by atoms with Gasteiger partial charge in [0.1, 0.15) is 6.73 Å². The van der Waals surface area contributed by atoms with Crippen LogP contribution < -0.4 is 15.6 Å². The number of hydrogen-bond acceptors (Lipinski definition) is 5. The zero-order valence-electron chi connectivity index (χ0n) is 19.8. The van der Waals surface area contributed by atoms with Crippen molar-refractivity contribution >= 4 is 8.07 Å². The van der Waals surface area contributed by atoms with E-state index in [1.165, 1.54) is 6.08 Å². The van der Waals surface area contributed by atoms with Gasteiger partial charge in [-0.1, -0.05) is 31.8 Å². The van der Waals surface area contributed by atoms with Crippen molar-refractivity contribution in [3.05, 3.63) is 46.8 Å². The third-order valence-corrected chi connectivity index (χ3v) is 6.29.